The molecule has 1 atom stereocenters. The van der Waals surface area contributed by atoms with E-state index in [0.29, 0.717) is 19.1 Å². The van der Waals surface area contributed by atoms with Crippen LogP contribution in [0.2, 0.25) is 0 Å². The van der Waals surface area contributed by atoms with E-state index in [0.717, 1.165) is 39.0 Å². The topological polar surface area (TPSA) is 53.0 Å². The minimum atomic E-state index is -0.0333. The molecular formula is C15H30N2O3. The maximum absolute atomic E-state index is 11.6. The number of hydrogen-bond donors (Lipinski definition) is 1. The molecule has 1 N–H and O–H groups in total. The van der Waals surface area contributed by atoms with Crippen LogP contribution >= 0.6 is 0 Å². The Balaban J connectivity index is 0.000000956. The fourth-order valence-electron chi connectivity index (χ4n) is 2.89. The highest BCUT2D eigenvalue weighted by molar-refractivity contribution is 5.75. The summed E-state index contributed by atoms with van der Waals surface area (Å²) in [5.74, 6) is 0.267. The zero-order chi connectivity index (χ0) is 15.0. The minimum Gasteiger partial charge on any atom is -0.394 e. The molecule has 2 rings (SSSR count). The van der Waals surface area contributed by atoms with Gasteiger partial charge in [0.1, 0.15) is 0 Å². The van der Waals surface area contributed by atoms with Gasteiger partial charge in [0.25, 0.3) is 0 Å². The third-order valence-corrected chi connectivity index (χ3v) is 4.01. The largest absolute Gasteiger partial charge is 0.394 e. The van der Waals surface area contributed by atoms with Crippen LogP contribution in [0.3, 0.4) is 0 Å². The molecule has 5 nitrogen and oxygen atoms in total. The summed E-state index contributed by atoms with van der Waals surface area (Å²) in [6.45, 7) is 10.2. The molecule has 1 unspecified atom stereocenters. The number of rotatable bonds is 3. The van der Waals surface area contributed by atoms with Gasteiger partial charge in [-0.3, -0.25) is 9.69 Å². The molecule has 2 heterocycles. The van der Waals surface area contributed by atoms with Crippen LogP contribution in [0.4, 0.5) is 0 Å². The van der Waals surface area contributed by atoms with E-state index in [-0.39, 0.29) is 18.6 Å². The van der Waals surface area contributed by atoms with Gasteiger partial charge in [-0.1, -0.05) is 20.8 Å². The van der Waals surface area contributed by atoms with E-state index in [1.165, 1.54) is 0 Å². The number of amides is 1. The average molecular weight is 286 g/mol. The van der Waals surface area contributed by atoms with Gasteiger partial charge < -0.3 is 14.7 Å². The maximum atomic E-state index is 11.6. The van der Waals surface area contributed by atoms with Gasteiger partial charge in [-0.25, -0.2) is 0 Å². The normalized spacial score (nSPS) is 25.0. The molecule has 2 aliphatic heterocycles. The van der Waals surface area contributed by atoms with E-state index in [9.17, 15) is 4.79 Å². The summed E-state index contributed by atoms with van der Waals surface area (Å²) < 4.78 is 5.47. The van der Waals surface area contributed by atoms with Gasteiger partial charge >= 0.3 is 0 Å². The first-order valence-corrected chi connectivity index (χ1v) is 7.99. The summed E-state index contributed by atoms with van der Waals surface area (Å²) in [5, 5.41) is 9.15. The quantitative estimate of drug-likeness (QED) is 0.844. The third kappa shape index (κ3) is 4.72. The van der Waals surface area contributed by atoms with E-state index < -0.39 is 0 Å². The van der Waals surface area contributed by atoms with Crippen molar-refractivity contribution < 1.29 is 14.6 Å². The van der Waals surface area contributed by atoms with Crippen LogP contribution in [0.25, 0.3) is 0 Å². The lowest BCUT2D eigenvalue weighted by molar-refractivity contribution is -0.133. The number of hydrogen-bond acceptors (Lipinski definition) is 4. The van der Waals surface area contributed by atoms with Crippen LogP contribution in [-0.4, -0.2) is 72.4 Å². The lowest BCUT2D eigenvalue weighted by atomic mass is 10.0. The van der Waals surface area contributed by atoms with Crippen molar-refractivity contribution in [1.82, 2.24) is 9.80 Å². The number of nitrogens with zero attached hydrogens (tertiary/aromatic N) is 2. The van der Waals surface area contributed by atoms with Gasteiger partial charge in [-0.15, -0.1) is 0 Å². The summed E-state index contributed by atoms with van der Waals surface area (Å²) in [4.78, 5) is 16.0. The summed E-state index contributed by atoms with van der Waals surface area (Å²) in [6, 6.07) is 0.545. The zero-order valence-corrected chi connectivity index (χ0v) is 13.2. The third-order valence-electron chi connectivity index (χ3n) is 4.01. The average Bonchev–Trinajstić information content (AvgIpc) is 2.56. The van der Waals surface area contributed by atoms with Gasteiger partial charge in [0, 0.05) is 38.6 Å². The van der Waals surface area contributed by atoms with Crippen molar-refractivity contribution in [3.8, 4) is 0 Å². The molecule has 0 aliphatic carbocycles. The second kappa shape index (κ2) is 9.32. The standard InChI is InChI=1S/C13H24N2O3.C2H6/c1-2-13(17)14-5-3-11(4-6-14)15-7-8-18-12(9-15)10-16;1-2/h11-12,16H,2-10H2,1H3;1-2H3. The summed E-state index contributed by atoms with van der Waals surface area (Å²) in [5.41, 5.74) is 0. The first-order valence-electron chi connectivity index (χ1n) is 7.99. The highest BCUT2D eigenvalue weighted by atomic mass is 16.5. The Morgan fingerprint density at radius 2 is 1.90 bits per heavy atom. The molecule has 2 saturated heterocycles. The Kier molecular flexibility index (Phi) is 8.11. The molecule has 0 radical (unpaired) electrons. The Hall–Kier alpha value is -0.650. The van der Waals surface area contributed by atoms with Gasteiger partial charge in [0.05, 0.1) is 19.3 Å². The Morgan fingerprint density at radius 1 is 1.25 bits per heavy atom. The van der Waals surface area contributed by atoms with Crippen molar-refractivity contribution in [1.29, 1.82) is 0 Å². The molecule has 0 aromatic carbocycles. The van der Waals surface area contributed by atoms with Crippen LogP contribution < -0.4 is 0 Å². The van der Waals surface area contributed by atoms with E-state index in [1.54, 1.807) is 0 Å². The number of carbonyl (C=O) groups excluding carboxylic acids is 1. The molecule has 0 spiro atoms. The highest BCUT2D eigenvalue weighted by Crippen LogP contribution is 2.19. The number of carbonyl (C=O) groups is 1. The number of piperidine rings is 1. The molecule has 0 bridgehead atoms. The van der Waals surface area contributed by atoms with Crippen molar-refractivity contribution in [2.75, 3.05) is 39.4 Å². The molecule has 0 aromatic rings. The van der Waals surface area contributed by atoms with E-state index in [2.05, 4.69) is 4.90 Å². The Labute approximate surface area is 122 Å². The fraction of sp³-hybridized carbons (Fsp3) is 0.933. The lowest BCUT2D eigenvalue weighted by Crippen LogP contribution is -2.52. The Bertz CT molecular complexity index is 278. The predicted octanol–water partition coefficient (Wildman–Crippen LogP) is 1.11. The summed E-state index contributed by atoms with van der Waals surface area (Å²) >= 11 is 0. The second-order valence-corrected chi connectivity index (χ2v) is 5.14. The highest BCUT2D eigenvalue weighted by Gasteiger charge is 2.29. The van der Waals surface area contributed by atoms with E-state index in [4.69, 9.17) is 9.84 Å². The van der Waals surface area contributed by atoms with E-state index >= 15 is 0 Å². The van der Waals surface area contributed by atoms with Crippen LogP contribution in [-0.2, 0) is 9.53 Å². The fourth-order valence-corrected chi connectivity index (χ4v) is 2.89. The van der Waals surface area contributed by atoms with Crippen molar-refractivity contribution in [2.45, 2.75) is 52.2 Å². The molecule has 2 fully saturated rings. The number of aliphatic hydroxyl groups excluding tert-OH is 1. The van der Waals surface area contributed by atoms with Crippen LogP contribution in [0.15, 0.2) is 0 Å². The van der Waals surface area contributed by atoms with Crippen LogP contribution in [0.5, 0.6) is 0 Å². The Morgan fingerprint density at radius 3 is 2.45 bits per heavy atom. The van der Waals surface area contributed by atoms with E-state index in [1.807, 2.05) is 25.7 Å². The lowest BCUT2D eigenvalue weighted by Gasteiger charge is -2.41. The van der Waals surface area contributed by atoms with Crippen molar-refractivity contribution in [3.63, 3.8) is 0 Å². The number of morpholine rings is 1. The molecular weight excluding hydrogens is 256 g/mol. The first-order chi connectivity index (χ1) is 9.74. The predicted molar refractivity (Wildman–Crippen MR) is 79.6 cm³/mol. The summed E-state index contributed by atoms with van der Waals surface area (Å²) in [7, 11) is 0. The molecule has 1 amide bonds. The molecule has 5 heteroatoms. The molecule has 0 aromatic heterocycles. The van der Waals surface area contributed by atoms with Crippen molar-refractivity contribution in [3.05, 3.63) is 0 Å². The van der Waals surface area contributed by atoms with Gasteiger partial charge in [-0.2, -0.15) is 0 Å². The van der Waals surface area contributed by atoms with Gasteiger partial charge in [0.15, 0.2) is 0 Å². The maximum Gasteiger partial charge on any atom is 0.222 e. The first kappa shape index (κ1) is 17.4. The number of ether oxygens (including phenoxy) is 1. The number of likely N-dealkylation sites (tertiary alicyclic amines) is 1. The molecule has 2 aliphatic rings. The minimum absolute atomic E-state index is 0.0333. The second-order valence-electron chi connectivity index (χ2n) is 5.14. The van der Waals surface area contributed by atoms with Crippen molar-refractivity contribution in [2.24, 2.45) is 0 Å². The SMILES string of the molecule is CC.CCC(=O)N1CCC(N2CCOC(CO)C2)CC1. The van der Waals surface area contributed by atoms with Crippen molar-refractivity contribution >= 4 is 5.91 Å². The van der Waals surface area contributed by atoms with Gasteiger partial charge in [0.2, 0.25) is 5.91 Å². The number of aliphatic hydroxyl groups is 1. The monoisotopic (exact) mass is 286 g/mol. The van der Waals surface area contributed by atoms with Crippen LogP contribution in [0, 0.1) is 0 Å². The zero-order valence-electron chi connectivity index (χ0n) is 13.2. The van der Waals surface area contributed by atoms with Gasteiger partial charge in [-0.05, 0) is 12.8 Å². The molecule has 0 saturated carbocycles. The van der Waals surface area contributed by atoms with Crippen LogP contribution in [0.1, 0.15) is 40.0 Å². The molecule has 20 heavy (non-hydrogen) atoms. The smallest absolute Gasteiger partial charge is 0.222 e. The molecule has 118 valence electrons. The summed E-state index contributed by atoms with van der Waals surface area (Å²) in [6.07, 6.45) is 2.66.